The maximum atomic E-state index is 10.1. The van der Waals surface area contributed by atoms with Gasteiger partial charge in [-0.3, -0.25) is 4.79 Å². The fourth-order valence-corrected chi connectivity index (χ4v) is 1.70. The standard InChI is InChI=1S/C9H7N3OS/c13-6-12-9-5-10-7(4-11-9)8-2-1-3-14-8/h1-6H,(H,11,12,13). The van der Waals surface area contributed by atoms with Gasteiger partial charge in [0.2, 0.25) is 6.41 Å². The molecule has 1 amide bonds. The first kappa shape index (κ1) is 8.83. The largest absolute Gasteiger partial charge is 0.312 e. The summed E-state index contributed by atoms with van der Waals surface area (Å²) in [6, 6.07) is 3.93. The Morgan fingerprint density at radius 2 is 2.29 bits per heavy atom. The van der Waals surface area contributed by atoms with Gasteiger partial charge in [-0.1, -0.05) is 6.07 Å². The van der Waals surface area contributed by atoms with Crippen LogP contribution in [0.2, 0.25) is 0 Å². The normalized spacial score (nSPS) is 9.71. The zero-order valence-electron chi connectivity index (χ0n) is 7.18. The van der Waals surface area contributed by atoms with Crippen LogP contribution < -0.4 is 5.32 Å². The van der Waals surface area contributed by atoms with E-state index in [1.54, 1.807) is 17.5 Å². The van der Waals surface area contributed by atoms with Crippen molar-refractivity contribution in [3.8, 4) is 10.6 Å². The van der Waals surface area contributed by atoms with Crippen molar-refractivity contribution in [2.45, 2.75) is 0 Å². The SMILES string of the molecule is O=CNc1cnc(-c2cccs2)cn1. The number of hydrogen-bond donors (Lipinski definition) is 1. The van der Waals surface area contributed by atoms with E-state index in [4.69, 9.17) is 0 Å². The molecule has 2 aromatic rings. The Morgan fingerprint density at radius 1 is 1.36 bits per heavy atom. The zero-order valence-corrected chi connectivity index (χ0v) is 7.99. The number of nitrogens with one attached hydrogen (secondary N) is 1. The van der Waals surface area contributed by atoms with Crippen LogP contribution in [-0.2, 0) is 4.79 Å². The Bertz CT molecular complexity index is 410. The number of aromatic nitrogens is 2. The van der Waals surface area contributed by atoms with Gasteiger partial charge in [0.25, 0.3) is 0 Å². The molecule has 2 rings (SSSR count). The van der Waals surface area contributed by atoms with Crippen molar-refractivity contribution in [3.05, 3.63) is 29.9 Å². The number of carbonyl (C=O) groups is 1. The second kappa shape index (κ2) is 3.97. The van der Waals surface area contributed by atoms with Crippen LogP contribution in [0.1, 0.15) is 0 Å². The molecule has 0 atom stereocenters. The molecule has 4 nitrogen and oxygen atoms in total. The quantitative estimate of drug-likeness (QED) is 0.777. The van der Waals surface area contributed by atoms with Gasteiger partial charge in [-0.2, -0.15) is 0 Å². The molecule has 0 unspecified atom stereocenters. The molecule has 1 N–H and O–H groups in total. The van der Waals surface area contributed by atoms with E-state index in [0.29, 0.717) is 12.2 Å². The lowest BCUT2D eigenvalue weighted by molar-refractivity contribution is -0.105. The lowest BCUT2D eigenvalue weighted by atomic mass is 10.3. The van der Waals surface area contributed by atoms with Gasteiger partial charge < -0.3 is 5.32 Å². The first-order valence-corrected chi connectivity index (χ1v) is 4.84. The number of carbonyl (C=O) groups excluding carboxylic acids is 1. The highest BCUT2D eigenvalue weighted by Gasteiger charge is 2.00. The van der Waals surface area contributed by atoms with E-state index in [1.165, 1.54) is 6.20 Å². The monoisotopic (exact) mass is 205 g/mol. The fraction of sp³-hybridized carbons (Fsp3) is 0. The molecule has 0 fully saturated rings. The van der Waals surface area contributed by atoms with Gasteiger partial charge in [0.1, 0.15) is 0 Å². The summed E-state index contributed by atoms with van der Waals surface area (Å²) in [7, 11) is 0. The molecule has 0 aromatic carbocycles. The summed E-state index contributed by atoms with van der Waals surface area (Å²) in [5.41, 5.74) is 0.816. The second-order valence-electron chi connectivity index (χ2n) is 2.53. The summed E-state index contributed by atoms with van der Waals surface area (Å²) >= 11 is 1.60. The molecule has 0 saturated carbocycles. The molecular formula is C9H7N3OS. The molecular weight excluding hydrogens is 198 g/mol. The van der Waals surface area contributed by atoms with Crippen molar-refractivity contribution >= 4 is 23.6 Å². The summed E-state index contributed by atoms with van der Waals surface area (Å²) in [6.45, 7) is 0. The third-order valence-electron chi connectivity index (χ3n) is 1.63. The first-order valence-electron chi connectivity index (χ1n) is 3.96. The van der Waals surface area contributed by atoms with Crippen molar-refractivity contribution in [1.29, 1.82) is 0 Å². The van der Waals surface area contributed by atoms with Crippen molar-refractivity contribution in [2.75, 3.05) is 5.32 Å². The van der Waals surface area contributed by atoms with Gasteiger partial charge in [0.15, 0.2) is 5.82 Å². The highest BCUT2D eigenvalue weighted by atomic mass is 32.1. The van der Waals surface area contributed by atoms with E-state index in [9.17, 15) is 4.79 Å². The molecule has 0 aliphatic heterocycles. The van der Waals surface area contributed by atoms with E-state index in [-0.39, 0.29) is 0 Å². The highest BCUT2D eigenvalue weighted by molar-refractivity contribution is 7.13. The van der Waals surface area contributed by atoms with Crippen molar-refractivity contribution in [1.82, 2.24) is 9.97 Å². The average Bonchev–Trinajstić information content (AvgIpc) is 2.72. The number of anilines is 1. The summed E-state index contributed by atoms with van der Waals surface area (Å²) in [4.78, 5) is 19.4. The Labute approximate surface area is 84.6 Å². The van der Waals surface area contributed by atoms with Crippen LogP contribution in [0.25, 0.3) is 10.6 Å². The molecule has 14 heavy (non-hydrogen) atoms. The summed E-state index contributed by atoms with van der Waals surface area (Å²) in [5.74, 6) is 0.459. The smallest absolute Gasteiger partial charge is 0.212 e. The Hall–Kier alpha value is -1.75. The lowest BCUT2D eigenvalue weighted by Crippen LogP contribution is -1.97. The van der Waals surface area contributed by atoms with Crippen LogP contribution in [0.3, 0.4) is 0 Å². The third-order valence-corrected chi connectivity index (χ3v) is 2.52. The third kappa shape index (κ3) is 1.77. The van der Waals surface area contributed by atoms with Crippen LogP contribution in [0, 0.1) is 0 Å². The Kier molecular flexibility index (Phi) is 2.51. The van der Waals surface area contributed by atoms with Crippen LogP contribution in [0.4, 0.5) is 5.82 Å². The Balaban J connectivity index is 2.26. The molecule has 2 heterocycles. The van der Waals surface area contributed by atoms with Crippen LogP contribution in [-0.4, -0.2) is 16.4 Å². The van der Waals surface area contributed by atoms with Crippen LogP contribution >= 0.6 is 11.3 Å². The molecule has 0 radical (unpaired) electrons. The summed E-state index contributed by atoms with van der Waals surface area (Å²) < 4.78 is 0. The molecule has 5 heteroatoms. The molecule has 0 saturated heterocycles. The van der Waals surface area contributed by atoms with E-state index < -0.39 is 0 Å². The van der Waals surface area contributed by atoms with E-state index in [2.05, 4.69) is 15.3 Å². The number of amides is 1. The number of rotatable bonds is 3. The van der Waals surface area contributed by atoms with Gasteiger partial charge >= 0.3 is 0 Å². The topological polar surface area (TPSA) is 54.9 Å². The molecule has 0 aliphatic rings. The predicted molar refractivity (Wildman–Crippen MR) is 55.0 cm³/mol. The van der Waals surface area contributed by atoms with E-state index >= 15 is 0 Å². The molecule has 0 bridgehead atoms. The van der Waals surface area contributed by atoms with Crippen molar-refractivity contribution < 1.29 is 4.79 Å². The second-order valence-corrected chi connectivity index (χ2v) is 3.47. The zero-order chi connectivity index (χ0) is 9.80. The molecule has 0 aliphatic carbocycles. The molecule has 0 spiro atoms. The first-order chi connectivity index (χ1) is 6.90. The van der Waals surface area contributed by atoms with Gasteiger partial charge in [-0.05, 0) is 11.4 Å². The molecule has 2 aromatic heterocycles. The number of hydrogen-bond acceptors (Lipinski definition) is 4. The molecule has 70 valence electrons. The minimum atomic E-state index is 0.459. The van der Waals surface area contributed by atoms with E-state index in [1.807, 2.05) is 17.5 Å². The highest BCUT2D eigenvalue weighted by Crippen LogP contribution is 2.21. The van der Waals surface area contributed by atoms with Crippen LogP contribution in [0.5, 0.6) is 0 Å². The minimum absolute atomic E-state index is 0.459. The maximum absolute atomic E-state index is 10.1. The number of nitrogens with zero attached hydrogens (tertiary/aromatic N) is 2. The summed E-state index contributed by atoms with van der Waals surface area (Å²) in [6.07, 6.45) is 3.75. The maximum Gasteiger partial charge on any atom is 0.212 e. The van der Waals surface area contributed by atoms with Crippen LogP contribution in [0.15, 0.2) is 29.9 Å². The summed E-state index contributed by atoms with van der Waals surface area (Å²) in [5, 5.41) is 4.41. The lowest BCUT2D eigenvalue weighted by Gasteiger charge is -1.98. The van der Waals surface area contributed by atoms with Gasteiger partial charge in [0.05, 0.1) is 23.0 Å². The van der Waals surface area contributed by atoms with Crippen molar-refractivity contribution in [2.24, 2.45) is 0 Å². The van der Waals surface area contributed by atoms with E-state index in [0.717, 1.165) is 10.6 Å². The average molecular weight is 205 g/mol. The van der Waals surface area contributed by atoms with Gasteiger partial charge in [-0.15, -0.1) is 11.3 Å². The van der Waals surface area contributed by atoms with Crippen molar-refractivity contribution in [3.63, 3.8) is 0 Å². The number of thiophene rings is 1. The van der Waals surface area contributed by atoms with Gasteiger partial charge in [0, 0.05) is 0 Å². The van der Waals surface area contributed by atoms with Gasteiger partial charge in [-0.25, -0.2) is 9.97 Å². The fourth-order valence-electron chi connectivity index (χ4n) is 1.01. The predicted octanol–water partition coefficient (Wildman–Crippen LogP) is 1.77. The Morgan fingerprint density at radius 3 is 2.86 bits per heavy atom. The minimum Gasteiger partial charge on any atom is -0.312 e.